The molecule has 5 rings (SSSR count). The Kier molecular flexibility index (Phi) is 4.51. The van der Waals surface area contributed by atoms with Gasteiger partial charge in [-0.2, -0.15) is 0 Å². The fourth-order valence-corrected chi connectivity index (χ4v) is 4.11. The molecule has 146 valence electrons. The highest BCUT2D eigenvalue weighted by molar-refractivity contribution is 6.31. The van der Waals surface area contributed by atoms with Crippen molar-refractivity contribution in [3.63, 3.8) is 0 Å². The van der Waals surface area contributed by atoms with Crippen molar-refractivity contribution in [1.82, 2.24) is 4.98 Å². The van der Waals surface area contributed by atoms with E-state index in [1.807, 2.05) is 54.6 Å². The van der Waals surface area contributed by atoms with Crippen LogP contribution in [0.5, 0.6) is 11.5 Å². The first-order valence-corrected chi connectivity index (χ1v) is 10.1. The maximum absolute atomic E-state index is 13.1. The van der Waals surface area contributed by atoms with E-state index < -0.39 is 5.41 Å². The third-order valence-corrected chi connectivity index (χ3v) is 6.16. The highest BCUT2D eigenvalue weighted by Gasteiger charge is 2.50. The molecule has 29 heavy (non-hydrogen) atoms. The van der Waals surface area contributed by atoms with Crippen molar-refractivity contribution in [3.05, 3.63) is 88.2 Å². The first kappa shape index (κ1) is 18.2. The summed E-state index contributed by atoms with van der Waals surface area (Å²) in [7, 11) is 0. The number of benzene rings is 2. The van der Waals surface area contributed by atoms with Gasteiger partial charge in [0.2, 0.25) is 6.79 Å². The third kappa shape index (κ3) is 3.49. The van der Waals surface area contributed by atoms with Gasteiger partial charge in [-0.15, -0.1) is 0 Å². The van der Waals surface area contributed by atoms with Crippen LogP contribution in [0.4, 0.5) is 0 Å². The molecule has 1 aliphatic carbocycles. The second-order valence-corrected chi connectivity index (χ2v) is 8.08. The Morgan fingerprint density at radius 3 is 2.62 bits per heavy atom. The summed E-state index contributed by atoms with van der Waals surface area (Å²) in [6.07, 6.45) is 4.62. The second kappa shape index (κ2) is 7.20. The zero-order valence-corrected chi connectivity index (χ0v) is 16.6. The number of carbonyl (C=O) groups excluding carboxylic acids is 1. The number of aromatic nitrogens is 1. The number of halogens is 1. The van der Waals surface area contributed by atoms with Crippen LogP contribution in [-0.4, -0.2) is 17.6 Å². The third-order valence-electron chi connectivity index (χ3n) is 5.79. The van der Waals surface area contributed by atoms with Gasteiger partial charge in [-0.1, -0.05) is 41.9 Å². The quantitative estimate of drug-likeness (QED) is 0.585. The van der Waals surface area contributed by atoms with Gasteiger partial charge in [0.25, 0.3) is 0 Å². The van der Waals surface area contributed by atoms with E-state index in [2.05, 4.69) is 4.98 Å². The Labute approximate surface area is 174 Å². The Morgan fingerprint density at radius 2 is 1.86 bits per heavy atom. The molecule has 1 aliphatic heterocycles. The van der Waals surface area contributed by atoms with Crippen molar-refractivity contribution in [1.29, 1.82) is 0 Å². The van der Waals surface area contributed by atoms with E-state index in [1.165, 1.54) is 0 Å². The predicted octanol–water partition coefficient (Wildman–Crippen LogP) is 4.90. The topological polar surface area (TPSA) is 48.4 Å². The van der Waals surface area contributed by atoms with E-state index in [-0.39, 0.29) is 12.6 Å². The molecule has 0 spiro atoms. The number of ketones is 1. The number of pyridine rings is 1. The van der Waals surface area contributed by atoms with Crippen LogP contribution in [0.3, 0.4) is 0 Å². The molecule has 3 aromatic rings. The summed E-state index contributed by atoms with van der Waals surface area (Å²) in [4.78, 5) is 17.6. The highest BCUT2D eigenvalue weighted by Crippen LogP contribution is 2.51. The summed E-state index contributed by atoms with van der Waals surface area (Å²) in [5, 5.41) is 0.743. The van der Waals surface area contributed by atoms with Gasteiger partial charge in [0.15, 0.2) is 11.5 Å². The van der Waals surface area contributed by atoms with Crippen molar-refractivity contribution in [3.8, 4) is 11.5 Å². The Bertz CT molecular complexity index is 1070. The van der Waals surface area contributed by atoms with Crippen molar-refractivity contribution < 1.29 is 14.3 Å². The number of ether oxygens (including phenoxy) is 2. The molecule has 0 radical (unpaired) electrons. The van der Waals surface area contributed by atoms with Crippen molar-refractivity contribution in [2.75, 3.05) is 6.79 Å². The lowest BCUT2D eigenvalue weighted by molar-refractivity contribution is -0.120. The Morgan fingerprint density at radius 1 is 1.03 bits per heavy atom. The van der Waals surface area contributed by atoms with Gasteiger partial charge in [-0.3, -0.25) is 9.78 Å². The van der Waals surface area contributed by atoms with E-state index in [9.17, 15) is 4.79 Å². The number of rotatable bonds is 6. The number of nitrogens with zero attached hydrogens (tertiary/aromatic N) is 1. The number of carbonyl (C=O) groups is 1. The summed E-state index contributed by atoms with van der Waals surface area (Å²) in [6, 6.07) is 17.6. The molecule has 1 aromatic heterocycles. The summed E-state index contributed by atoms with van der Waals surface area (Å²) in [5.74, 6) is 1.71. The molecule has 0 N–H and O–H groups in total. The first-order valence-electron chi connectivity index (χ1n) is 9.75. The molecular weight excluding hydrogens is 386 g/mol. The number of fused-ring (bicyclic) bond motifs is 1. The molecule has 0 saturated heterocycles. The van der Waals surface area contributed by atoms with Gasteiger partial charge in [-0.05, 0) is 53.8 Å². The average molecular weight is 406 g/mol. The van der Waals surface area contributed by atoms with Gasteiger partial charge >= 0.3 is 0 Å². The lowest BCUT2D eigenvalue weighted by Gasteiger charge is -2.15. The van der Waals surface area contributed by atoms with E-state index in [0.29, 0.717) is 12.8 Å². The van der Waals surface area contributed by atoms with Crippen LogP contribution in [0.25, 0.3) is 0 Å². The summed E-state index contributed by atoms with van der Waals surface area (Å²) >= 11 is 6.24. The van der Waals surface area contributed by atoms with Crippen molar-refractivity contribution in [2.45, 2.75) is 31.1 Å². The van der Waals surface area contributed by atoms with Gasteiger partial charge < -0.3 is 9.47 Å². The molecule has 0 atom stereocenters. The minimum atomic E-state index is -0.392. The molecule has 5 heteroatoms. The SMILES string of the molecule is O=C(Cc1ccc(Cc2ccccc2Cl)nc1)C1(c2ccc3c(c2)OCO3)CC1. The van der Waals surface area contributed by atoms with E-state index >= 15 is 0 Å². The number of hydrogen-bond acceptors (Lipinski definition) is 4. The van der Waals surface area contributed by atoms with Crippen LogP contribution in [0, 0.1) is 0 Å². The summed E-state index contributed by atoms with van der Waals surface area (Å²) in [6.45, 7) is 0.242. The molecule has 0 bridgehead atoms. The molecule has 2 aliphatic rings. The highest BCUT2D eigenvalue weighted by atomic mass is 35.5. The van der Waals surface area contributed by atoms with Crippen LogP contribution in [0.15, 0.2) is 60.8 Å². The lowest BCUT2D eigenvalue weighted by Crippen LogP contribution is -2.22. The Hall–Kier alpha value is -2.85. The average Bonchev–Trinajstić information content (AvgIpc) is 3.42. The van der Waals surface area contributed by atoms with Crippen LogP contribution >= 0.6 is 11.6 Å². The molecule has 4 nitrogen and oxygen atoms in total. The molecule has 2 heterocycles. The summed E-state index contributed by atoms with van der Waals surface area (Å²) in [5.41, 5.74) is 3.55. The maximum Gasteiger partial charge on any atom is 0.231 e. The van der Waals surface area contributed by atoms with E-state index in [4.69, 9.17) is 21.1 Å². The Balaban J connectivity index is 1.29. The zero-order valence-electron chi connectivity index (χ0n) is 15.9. The van der Waals surface area contributed by atoms with Crippen molar-refractivity contribution in [2.24, 2.45) is 0 Å². The first-order chi connectivity index (χ1) is 14.1. The lowest BCUT2D eigenvalue weighted by atomic mass is 9.88. The molecule has 0 unspecified atom stereocenters. The number of hydrogen-bond donors (Lipinski definition) is 0. The van der Waals surface area contributed by atoms with Crippen LogP contribution in [0.2, 0.25) is 5.02 Å². The fourth-order valence-electron chi connectivity index (χ4n) is 3.90. The minimum Gasteiger partial charge on any atom is -0.454 e. The summed E-state index contributed by atoms with van der Waals surface area (Å²) < 4.78 is 10.9. The largest absolute Gasteiger partial charge is 0.454 e. The van der Waals surface area contributed by atoms with Gasteiger partial charge in [-0.25, -0.2) is 0 Å². The molecule has 1 fully saturated rings. The van der Waals surface area contributed by atoms with Crippen LogP contribution in [0.1, 0.15) is 35.2 Å². The van der Waals surface area contributed by atoms with E-state index in [0.717, 1.165) is 51.7 Å². The number of Topliss-reactive ketones (excluding diaryl/α,β-unsaturated/α-hetero) is 1. The fraction of sp³-hybridized carbons (Fsp3) is 0.250. The molecule has 0 amide bonds. The monoisotopic (exact) mass is 405 g/mol. The second-order valence-electron chi connectivity index (χ2n) is 7.68. The zero-order chi connectivity index (χ0) is 19.8. The van der Waals surface area contributed by atoms with Crippen LogP contribution in [-0.2, 0) is 23.1 Å². The van der Waals surface area contributed by atoms with Crippen LogP contribution < -0.4 is 9.47 Å². The molecule has 2 aromatic carbocycles. The smallest absolute Gasteiger partial charge is 0.231 e. The van der Waals surface area contributed by atoms with Gasteiger partial charge in [0.1, 0.15) is 5.78 Å². The van der Waals surface area contributed by atoms with Gasteiger partial charge in [0.05, 0.1) is 5.41 Å². The maximum atomic E-state index is 13.1. The normalized spacial score (nSPS) is 15.9. The standard InChI is InChI=1S/C24H20ClNO3/c25-20-4-2-1-3-17(20)12-19-7-5-16(14-26-19)11-23(27)24(9-10-24)18-6-8-21-22(13-18)29-15-28-21/h1-8,13-14H,9-12,15H2. The van der Waals surface area contributed by atoms with Gasteiger partial charge in [0, 0.05) is 29.8 Å². The predicted molar refractivity (Wildman–Crippen MR) is 111 cm³/mol. The molecule has 1 saturated carbocycles. The molecular formula is C24H20ClNO3. The minimum absolute atomic E-state index is 0.233. The van der Waals surface area contributed by atoms with E-state index in [1.54, 1.807) is 6.20 Å². The van der Waals surface area contributed by atoms with Crippen molar-refractivity contribution >= 4 is 17.4 Å².